The van der Waals surface area contributed by atoms with E-state index in [1.807, 2.05) is 11.8 Å². The Balaban J connectivity index is 1.95. The van der Waals surface area contributed by atoms with Crippen LogP contribution in [-0.2, 0) is 14.6 Å². The van der Waals surface area contributed by atoms with E-state index in [9.17, 15) is 8.42 Å². The smallest absolute Gasteiger partial charge is 0.184 e. The fourth-order valence-electron chi connectivity index (χ4n) is 3.10. The van der Waals surface area contributed by atoms with E-state index in [1.165, 1.54) is 0 Å². The van der Waals surface area contributed by atoms with Crippen molar-refractivity contribution >= 4 is 38.9 Å². The monoisotopic (exact) mass is 347 g/mol. The van der Waals surface area contributed by atoms with Gasteiger partial charge in [-0.15, -0.1) is 0 Å². The zero-order chi connectivity index (χ0) is 15.1. The zero-order valence-electron chi connectivity index (χ0n) is 11.5. The maximum Gasteiger partial charge on any atom is 0.184 e. The predicted molar refractivity (Wildman–Crippen MR) is 86.7 cm³/mol. The number of ether oxygens (including phenoxy) is 1. The summed E-state index contributed by atoms with van der Waals surface area (Å²) >= 11 is 7.91. The largest absolute Gasteiger partial charge is 0.398 e. The molecule has 0 saturated carbocycles. The molecule has 1 spiro atoms. The van der Waals surface area contributed by atoms with E-state index in [0.717, 1.165) is 17.9 Å². The van der Waals surface area contributed by atoms with E-state index in [2.05, 4.69) is 0 Å². The van der Waals surface area contributed by atoms with Gasteiger partial charge >= 0.3 is 0 Å². The van der Waals surface area contributed by atoms with Crippen molar-refractivity contribution in [1.82, 2.24) is 0 Å². The molecule has 21 heavy (non-hydrogen) atoms. The van der Waals surface area contributed by atoms with Gasteiger partial charge in [0, 0.05) is 12.4 Å². The minimum Gasteiger partial charge on any atom is -0.398 e. The SMILES string of the molecule is Nc1cccc(Cl)c1S(=O)(=O)C1CCOC2(CCSC2)C1. The van der Waals surface area contributed by atoms with Crippen LogP contribution in [0.2, 0.25) is 5.02 Å². The van der Waals surface area contributed by atoms with Crippen LogP contribution in [0.1, 0.15) is 19.3 Å². The molecule has 2 fully saturated rings. The van der Waals surface area contributed by atoms with Gasteiger partial charge in [0.2, 0.25) is 0 Å². The predicted octanol–water partition coefficient (Wildman–Crippen LogP) is 2.75. The molecule has 7 heteroatoms. The van der Waals surface area contributed by atoms with Gasteiger partial charge in [0.05, 0.1) is 21.6 Å². The van der Waals surface area contributed by atoms with Gasteiger partial charge in [0.15, 0.2) is 9.84 Å². The molecule has 2 aliphatic rings. The summed E-state index contributed by atoms with van der Waals surface area (Å²) in [5, 5.41) is -0.261. The summed E-state index contributed by atoms with van der Waals surface area (Å²) < 4.78 is 31.8. The fraction of sp³-hybridized carbons (Fsp3) is 0.571. The summed E-state index contributed by atoms with van der Waals surface area (Å²) in [5.74, 6) is 1.90. The number of nitrogens with two attached hydrogens (primary N) is 1. The summed E-state index contributed by atoms with van der Waals surface area (Å²) in [7, 11) is -3.53. The molecule has 4 nitrogen and oxygen atoms in total. The Bertz CT molecular complexity index is 621. The molecule has 2 unspecified atom stereocenters. The van der Waals surface area contributed by atoms with E-state index < -0.39 is 15.1 Å². The number of anilines is 1. The number of halogens is 1. The molecule has 2 aliphatic heterocycles. The molecular formula is C14H18ClNO3S2. The first-order valence-electron chi connectivity index (χ1n) is 6.94. The second kappa shape index (κ2) is 5.65. The average molecular weight is 348 g/mol. The van der Waals surface area contributed by atoms with Crippen molar-refractivity contribution in [3.8, 4) is 0 Å². The number of benzene rings is 1. The third-order valence-corrected chi connectivity index (χ3v) is 8.19. The van der Waals surface area contributed by atoms with E-state index in [-0.39, 0.29) is 21.2 Å². The molecule has 3 rings (SSSR count). The van der Waals surface area contributed by atoms with Crippen molar-refractivity contribution < 1.29 is 13.2 Å². The lowest BCUT2D eigenvalue weighted by atomic mass is 9.93. The fourth-order valence-corrected chi connectivity index (χ4v) is 6.99. The number of hydrogen-bond acceptors (Lipinski definition) is 5. The van der Waals surface area contributed by atoms with E-state index in [0.29, 0.717) is 19.4 Å². The standard InChI is InChI=1S/C14H18ClNO3S2/c15-11-2-1-3-12(16)13(11)21(17,18)10-4-6-19-14(8-10)5-7-20-9-14/h1-3,10H,4-9,16H2. The number of hydrogen-bond donors (Lipinski definition) is 1. The molecule has 0 aromatic heterocycles. The second-order valence-electron chi connectivity index (χ2n) is 5.65. The Labute approximate surface area is 134 Å². The Morgan fingerprint density at radius 2 is 2.24 bits per heavy atom. The molecule has 2 heterocycles. The second-order valence-corrected chi connectivity index (χ2v) is 9.33. The first-order chi connectivity index (χ1) is 9.95. The quantitative estimate of drug-likeness (QED) is 0.833. The molecule has 0 aliphatic carbocycles. The van der Waals surface area contributed by atoms with Gasteiger partial charge in [-0.3, -0.25) is 0 Å². The van der Waals surface area contributed by atoms with Crippen LogP contribution in [0, 0.1) is 0 Å². The first kappa shape index (κ1) is 15.5. The molecule has 0 amide bonds. The molecule has 2 atom stereocenters. The van der Waals surface area contributed by atoms with Gasteiger partial charge in [-0.05, 0) is 37.1 Å². The van der Waals surface area contributed by atoms with E-state index in [4.69, 9.17) is 22.1 Å². The highest BCUT2D eigenvalue weighted by atomic mass is 35.5. The summed E-state index contributed by atoms with van der Waals surface area (Å²) in [4.78, 5) is 0.0827. The molecule has 2 saturated heterocycles. The Hall–Kier alpha value is -0.430. The molecule has 116 valence electrons. The third kappa shape index (κ3) is 2.79. The first-order valence-corrected chi connectivity index (χ1v) is 10.0. The van der Waals surface area contributed by atoms with Crippen LogP contribution in [0.15, 0.2) is 23.1 Å². The molecule has 0 radical (unpaired) electrons. The number of rotatable bonds is 2. The van der Waals surface area contributed by atoms with Crippen LogP contribution >= 0.6 is 23.4 Å². The van der Waals surface area contributed by atoms with Crippen LogP contribution in [-0.4, -0.2) is 37.4 Å². The maximum atomic E-state index is 12.9. The van der Waals surface area contributed by atoms with Gasteiger partial charge < -0.3 is 10.5 Å². The third-order valence-electron chi connectivity index (χ3n) is 4.24. The number of nitrogen functional groups attached to an aromatic ring is 1. The average Bonchev–Trinajstić information content (AvgIpc) is 2.86. The Morgan fingerprint density at radius 1 is 1.43 bits per heavy atom. The zero-order valence-corrected chi connectivity index (χ0v) is 13.9. The molecule has 0 bridgehead atoms. The summed E-state index contributed by atoms with van der Waals surface area (Å²) in [6.45, 7) is 0.481. The highest BCUT2D eigenvalue weighted by Gasteiger charge is 2.45. The van der Waals surface area contributed by atoms with Crippen LogP contribution in [0.5, 0.6) is 0 Å². The summed E-state index contributed by atoms with van der Waals surface area (Å²) in [6.07, 6.45) is 1.95. The number of sulfone groups is 1. The molecule has 1 aromatic carbocycles. The Kier molecular flexibility index (Phi) is 4.16. The lowest BCUT2D eigenvalue weighted by Gasteiger charge is -2.37. The van der Waals surface area contributed by atoms with Gasteiger partial charge in [0.1, 0.15) is 4.90 Å². The van der Waals surface area contributed by atoms with Gasteiger partial charge in [-0.2, -0.15) is 11.8 Å². The van der Waals surface area contributed by atoms with Gasteiger partial charge in [-0.25, -0.2) is 8.42 Å². The van der Waals surface area contributed by atoms with Crippen molar-refractivity contribution in [3.63, 3.8) is 0 Å². The highest BCUT2D eigenvalue weighted by molar-refractivity contribution is 7.99. The summed E-state index contributed by atoms with van der Waals surface area (Å²) in [6, 6.07) is 4.82. The molecule has 1 aromatic rings. The maximum absolute atomic E-state index is 12.9. The number of thioether (sulfide) groups is 1. The highest BCUT2D eigenvalue weighted by Crippen LogP contribution is 2.42. The minimum absolute atomic E-state index is 0.0827. The van der Waals surface area contributed by atoms with Crippen molar-refractivity contribution in [2.24, 2.45) is 0 Å². The van der Waals surface area contributed by atoms with Gasteiger partial charge in [-0.1, -0.05) is 17.7 Å². The molecule has 2 N–H and O–H groups in total. The van der Waals surface area contributed by atoms with Crippen LogP contribution < -0.4 is 5.73 Å². The van der Waals surface area contributed by atoms with E-state index >= 15 is 0 Å². The lowest BCUT2D eigenvalue weighted by molar-refractivity contribution is -0.0572. The molecular weight excluding hydrogens is 330 g/mol. The lowest BCUT2D eigenvalue weighted by Crippen LogP contribution is -2.44. The van der Waals surface area contributed by atoms with Crippen molar-refractivity contribution in [2.75, 3.05) is 23.8 Å². The van der Waals surface area contributed by atoms with Crippen molar-refractivity contribution in [2.45, 2.75) is 35.0 Å². The van der Waals surface area contributed by atoms with Crippen molar-refractivity contribution in [3.05, 3.63) is 23.2 Å². The van der Waals surface area contributed by atoms with Crippen molar-refractivity contribution in [1.29, 1.82) is 0 Å². The van der Waals surface area contributed by atoms with Crippen LogP contribution in [0.25, 0.3) is 0 Å². The normalized spacial score (nSPS) is 29.9. The Morgan fingerprint density at radius 3 is 2.90 bits per heavy atom. The topological polar surface area (TPSA) is 69.4 Å². The van der Waals surface area contributed by atoms with Crippen LogP contribution in [0.4, 0.5) is 5.69 Å². The summed E-state index contributed by atoms with van der Waals surface area (Å²) in [5.41, 5.74) is 5.80. The minimum atomic E-state index is -3.53. The van der Waals surface area contributed by atoms with Gasteiger partial charge in [0.25, 0.3) is 0 Å². The van der Waals surface area contributed by atoms with Crippen LogP contribution in [0.3, 0.4) is 0 Å². The van der Waals surface area contributed by atoms with E-state index in [1.54, 1.807) is 18.2 Å².